The van der Waals surface area contributed by atoms with E-state index in [-0.39, 0.29) is 172 Å². The maximum absolute atomic E-state index is 13.8. The topological polar surface area (TPSA) is 448 Å². The fourth-order valence-corrected chi connectivity index (χ4v) is 32.2. The highest BCUT2D eigenvalue weighted by Crippen LogP contribution is 2.69. The Morgan fingerprint density at radius 2 is 0.807 bits per heavy atom. The molecule has 2 saturated heterocycles. The number of aliphatic carboxylic acids is 1. The van der Waals surface area contributed by atoms with Crippen LogP contribution in [0.3, 0.4) is 0 Å². The molecule has 0 aromatic rings. The Labute approximate surface area is 802 Å². The zero-order chi connectivity index (χ0) is 99.8. The molecule has 0 radical (unpaired) electrons. The minimum atomic E-state index is -3.27. The van der Waals surface area contributed by atoms with E-state index >= 15 is 0 Å². The molecule has 21 fully saturated rings. The Kier molecular flexibility index (Phi) is 29.8. The van der Waals surface area contributed by atoms with Crippen molar-refractivity contribution in [2.24, 2.45) is 144 Å². The number of sulfone groups is 1. The number of carbonyl (C=O) groups excluding carboxylic acids is 11. The zero-order valence-corrected chi connectivity index (χ0v) is 86.9. The number of fused-ring (bicyclic) bond motifs is 12. The summed E-state index contributed by atoms with van der Waals surface area (Å²) in [4.78, 5) is 151. The number of nitrogens with two attached hydrogens (primary N) is 1. The third kappa shape index (κ3) is 21.8. The van der Waals surface area contributed by atoms with Crippen LogP contribution in [0.15, 0.2) is 0 Å². The molecule has 6 N–H and O–H groups in total. The number of nitrogens with one attached hydrogen (secondary N) is 3. The van der Waals surface area contributed by atoms with Crippen LogP contribution in [0.25, 0.3) is 0 Å². The van der Waals surface area contributed by atoms with Crippen LogP contribution in [-0.2, 0) is 116 Å². The number of imide groups is 2. The maximum Gasteiger partial charge on any atom is 0.312 e. The molecule has 2 heterocycles. The lowest BCUT2D eigenvalue weighted by Crippen LogP contribution is -2.66. The van der Waals surface area contributed by atoms with Gasteiger partial charge >= 0.3 is 41.8 Å². The van der Waals surface area contributed by atoms with Crippen LogP contribution in [0.1, 0.15) is 349 Å². The van der Waals surface area contributed by atoms with E-state index in [0.29, 0.717) is 87.4 Å². The number of esters is 6. The van der Waals surface area contributed by atoms with E-state index in [1.165, 1.54) is 38.0 Å². The number of ether oxygens (including phenoxy) is 6. The van der Waals surface area contributed by atoms with E-state index in [9.17, 15) is 87.9 Å². The SMILES string of the molecule is CCC(C)(C)C(=O)OC12CC3CC(C(N)=O)(C1)CC(C(=O)O)(C3)C2.CCC(C)(C)C(=O)OC12CC3CC(CC(NS(C)(=O)=O)(C3)C1)C2.CCC(C)(C)C(=O)OC1CC2CC1C1C(=O)N(C34CC5CC(CC(C5)C3)C4)C(=O)C21.CCC(C)(C)C(=O)OC1CC2CC1C1C(=O)NC(=O)C21.CCC(C)(C)C(=O)OC1CC2CC1CC2S(C)(=O)=O.CCC(C)(C)C(=O)OC1CCC(NS(C)(=O)=O)CC1. The number of primary amides is 1. The highest BCUT2D eigenvalue weighted by Gasteiger charge is 2.73. The normalized spacial score (nSPS) is 38.8. The second-order valence-electron chi connectivity index (χ2n) is 50.0. The Bertz CT molecular complexity index is 4870. The molecule has 33 heteroatoms. The largest absolute Gasteiger partial charge is 0.481 e. The van der Waals surface area contributed by atoms with Gasteiger partial charge in [0.2, 0.25) is 49.6 Å². The van der Waals surface area contributed by atoms with Gasteiger partial charge in [-0.2, -0.15) is 0 Å². The number of carbonyl (C=O) groups is 12. The molecular weight excluding hydrogens is 1790 g/mol. The Morgan fingerprint density at radius 3 is 1.24 bits per heavy atom. The molecule has 0 aromatic heterocycles. The minimum Gasteiger partial charge on any atom is -0.481 e. The summed E-state index contributed by atoms with van der Waals surface area (Å²) in [5.74, 6) is 0.573. The highest BCUT2D eigenvalue weighted by molar-refractivity contribution is 7.91. The highest BCUT2D eigenvalue weighted by atomic mass is 32.2. The van der Waals surface area contributed by atoms with Gasteiger partial charge in [-0.05, 0) is 348 Å². The molecule has 0 spiro atoms. The number of hydrogen-bond acceptors (Lipinski definition) is 24. The lowest BCUT2D eigenvalue weighted by atomic mass is 9.42. The monoisotopic (exact) mass is 1950 g/mol. The van der Waals surface area contributed by atoms with Crippen molar-refractivity contribution in [3.05, 3.63) is 0 Å². The van der Waals surface area contributed by atoms with Gasteiger partial charge in [-0.25, -0.2) is 34.7 Å². The van der Waals surface area contributed by atoms with Gasteiger partial charge in [0.05, 0.1) is 90.3 Å². The standard InChI is InChI=1S/C25H35NO4.C18H27NO5.C17H29NO4S.C15H21NO4.C14H24O4S.C13H25NO4S/c1-4-24(2,3)23(29)30-18-9-16-8-17(18)20-19(16)21(27)26(22(20)28)25-10-13-5-14(11-25)7-15(6-13)12-25;1-4-15(2,3)14(23)24-18-7-11-5-16(9-18,12(19)20)8-17(6-11,10-18)13(21)22;1-5-15(2,3)14(19)22-17-9-12-6-13(10-17)8-16(7-12,11-17)18-23(4,20)21;1-4-15(2,3)14(19)20-9-6-7-5-8(9)11-10(7)12(17)16-13(11)18;1-5-14(2,3)13(15)18-11-7-10-6-9(11)8-12(10)19(4,16)17;1-5-13(2,3)12(15)18-11-8-6-10(7-9-11)14-19(4,16)17/h13-20H,4-12H2,1-3H3;11H,4-10H2,1-3H3,(H2,19,20)(H,21,22);12-13,18H,5-11H2,1-4H3;7-11H,4-6H2,1-3H3,(H,16,17,18);9-12H,5-8H2,1-4H3;10-11,14H,5-9H2,1-4H3. The van der Waals surface area contributed by atoms with Crippen molar-refractivity contribution in [1.29, 1.82) is 0 Å². The van der Waals surface area contributed by atoms with Gasteiger partial charge in [-0.1, -0.05) is 41.5 Å². The quantitative estimate of drug-likeness (QED) is 0.0305. The predicted octanol–water partition coefficient (Wildman–Crippen LogP) is 14.1. The number of sulfonamides is 2. The molecule has 20 unspecified atom stereocenters. The summed E-state index contributed by atoms with van der Waals surface area (Å²) in [6.07, 6.45) is 30.9. The number of likely N-dealkylation sites (tertiary alicyclic amines) is 1. The van der Waals surface area contributed by atoms with Gasteiger partial charge in [0.1, 0.15) is 35.6 Å². The molecule has 18 bridgehead atoms. The second-order valence-corrected chi connectivity index (χ2v) is 55.8. The average Bonchev–Trinajstić information content (AvgIpc) is 1.67. The first-order valence-corrected chi connectivity index (χ1v) is 56.8. The van der Waals surface area contributed by atoms with Crippen LogP contribution < -0.4 is 20.5 Å². The average molecular weight is 1950 g/mol. The van der Waals surface area contributed by atoms with Gasteiger partial charge in [-0.15, -0.1) is 0 Å². The number of amides is 5. The Morgan fingerprint density at radius 1 is 0.407 bits per heavy atom. The molecule has 762 valence electrons. The predicted molar refractivity (Wildman–Crippen MR) is 502 cm³/mol. The summed E-state index contributed by atoms with van der Waals surface area (Å²) in [7, 11) is -9.37. The van der Waals surface area contributed by atoms with E-state index in [1.54, 1.807) is 4.90 Å². The van der Waals surface area contributed by atoms with Crippen molar-refractivity contribution >= 4 is 101 Å². The van der Waals surface area contributed by atoms with Crippen molar-refractivity contribution in [2.75, 3.05) is 18.8 Å². The molecule has 19 aliphatic carbocycles. The number of carboxylic acids is 1. The zero-order valence-electron chi connectivity index (χ0n) is 84.4. The summed E-state index contributed by atoms with van der Waals surface area (Å²) in [5, 5.41) is 12.0. The molecule has 135 heavy (non-hydrogen) atoms. The number of rotatable bonds is 26. The van der Waals surface area contributed by atoms with Gasteiger partial charge in [0.15, 0.2) is 9.84 Å². The summed E-state index contributed by atoms with van der Waals surface area (Å²) in [6, 6.07) is -0.0239. The maximum atomic E-state index is 13.8. The molecule has 21 aliphatic rings. The van der Waals surface area contributed by atoms with Crippen LogP contribution in [0, 0.1) is 138 Å². The van der Waals surface area contributed by atoms with Gasteiger partial charge in [-0.3, -0.25) is 67.8 Å². The van der Waals surface area contributed by atoms with Crippen molar-refractivity contribution in [3.8, 4) is 0 Å². The molecule has 30 nitrogen and oxygen atoms in total. The summed E-state index contributed by atoms with van der Waals surface area (Å²) < 4.78 is 109. The van der Waals surface area contributed by atoms with E-state index in [1.807, 2.05) is 125 Å². The summed E-state index contributed by atoms with van der Waals surface area (Å²) >= 11 is 0. The van der Waals surface area contributed by atoms with Gasteiger partial charge in [0.25, 0.3) is 0 Å². The fourth-order valence-electron chi connectivity index (χ4n) is 28.8. The molecule has 20 atom stereocenters. The minimum absolute atomic E-state index is 0.0213. The molecule has 21 rings (SSSR count). The first-order chi connectivity index (χ1) is 62.3. The van der Waals surface area contributed by atoms with Crippen LogP contribution >= 0.6 is 0 Å². The van der Waals surface area contributed by atoms with Crippen LogP contribution in [-0.4, -0.2) is 183 Å². The molecule has 2 aliphatic heterocycles. The van der Waals surface area contributed by atoms with Crippen LogP contribution in [0.5, 0.6) is 0 Å². The van der Waals surface area contributed by atoms with E-state index in [2.05, 4.69) is 14.8 Å². The molecule has 19 saturated carbocycles. The van der Waals surface area contributed by atoms with Crippen molar-refractivity contribution in [3.63, 3.8) is 0 Å². The van der Waals surface area contributed by atoms with Crippen LogP contribution in [0.2, 0.25) is 0 Å². The lowest BCUT2D eigenvalue weighted by Gasteiger charge is -2.63. The molecule has 5 amide bonds. The van der Waals surface area contributed by atoms with E-state index in [4.69, 9.17) is 34.2 Å². The third-order valence-corrected chi connectivity index (χ3v) is 40.5. The fraction of sp³-hybridized carbons (Fsp3) is 0.882. The Balaban J connectivity index is 0.000000138. The van der Waals surface area contributed by atoms with Gasteiger partial charge < -0.3 is 39.3 Å². The van der Waals surface area contributed by atoms with Crippen molar-refractivity contribution in [1.82, 2.24) is 19.7 Å². The number of nitrogens with zero attached hydrogens (tertiary/aromatic N) is 1. The number of hydrogen-bond donors (Lipinski definition) is 5. The molecular formula is C102H161N5O25S3. The molecule has 0 aromatic carbocycles. The first-order valence-electron chi connectivity index (χ1n) is 51.0. The smallest absolute Gasteiger partial charge is 0.312 e. The Hall–Kier alpha value is -6.19. The van der Waals surface area contributed by atoms with Crippen molar-refractivity contribution < 1.29 is 116 Å². The second kappa shape index (κ2) is 37.9. The first kappa shape index (κ1) is 106. The number of carboxylic acid groups (broad SMARTS) is 1. The third-order valence-electron chi connectivity index (χ3n) is 37.3. The summed E-state index contributed by atoms with van der Waals surface area (Å²) in [6.45, 7) is 34.4. The lowest BCUT2D eigenvalue weighted by molar-refractivity contribution is -0.230. The van der Waals surface area contributed by atoms with Gasteiger partial charge in [0, 0.05) is 48.9 Å². The van der Waals surface area contributed by atoms with Crippen molar-refractivity contribution in [2.45, 2.75) is 407 Å². The van der Waals surface area contributed by atoms with E-state index < -0.39 is 102 Å². The summed E-state index contributed by atoms with van der Waals surface area (Å²) in [5.41, 5.74) is -1.09. The van der Waals surface area contributed by atoms with E-state index in [0.717, 1.165) is 141 Å². The van der Waals surface area contributed by atoms with Crippen LogP contribution in [0.4, 0.5) is 0 Å².